The molecular formula is C24H16BrF2NO4. The summed E-state index contributed by atoms with van der Waals surface area (Å²) in [4.78, 5) is 26.9. The van der Waals surface area contributed by atoms with E-state index in [1.807, 2.05) is 0 Å². The number of ether oxygens (including phenoxy) is 1. The van der Waals surface area contributed by atoms with Gasteiger partial charge in [-0.05, 0) is 51.8 Å². The zero-order valence-electron chi connectivity index (χ0n) is 16.7. The summed E-state index contributed by atoms with van der Waals surface area (Å²) in [6.07, 6.45) is 0. The lowest BCUT2D eigenvalue weighted by Gasteiger charge is -2.25. The molecule has 1 amide bonds. The lowest BCUT2D eigenvalue weighted by atomic mass is 9.95. The number of hydrogen-bond acceptors (Lipinski definition) is 4. The van der Waals surface area contributed by atoms with Gasteiger partial charge >= 0.3 is 0 Å². The van der Waals surface area contributed by atoms with Crippen LogP contribution in [0.1, 0.15) is 17.2 Å². The van der Waals surface area contributed by atoms with Crippen LogP contribution in [0.15, 0.2) is 76.8 Å². The Morgan fingerprint density at radius 3 is 2.41 bits per heavy atom. The molecule has 1 aliphatic rings. The number of halogens is 3. The van der Waals surface area contributed by atoms with Crippen LogP contribution in [-0.2, 0) is 9.59 Å². The predicted molar refractivity (Wildman–Crippen MR) is 118 cm³/mol. The van der Waals surface area contributed by atoms with Crippen molar-refractivity contribution in [2.24, 2.45) is 0 Å². The molecule has 162 valence electrons. The summed E-state index contributed by atoms with van der Waals surface area (Å²) in [6.45, 7) is 0. The molecular weight excluding hydrogens is 484 g/mol. The number of hydrogen-bond donors (Lipinski definition) is 1. The van der Waals surface area contributed by atoms with Crippen LogP contribution < -0.4 is 9.64 Å². The Kier molecular flexibility index (Phi) is 5.80. The summed E-state index contributed by atoms with van der Waals surface area (Å²) in [5, 5.41) is 11.1. The maximum atomic E-state index is 14.6. The third-order valence-electron chi connectivity index (χ3n) is 5.15. The molecule has 1 N–H and O–H groups in total. The molecule has 5 nitrogen and oxygen atoms in total. The van der Waals surface area contributed by atoms with Crippen LogP contribution in [0.3, 0.4) is 0 Å². The molecule has 1 fully saturated rings. The fourth-order valence-corrected chi connectivity index (χ4v) is 4.21. The van der Waals surface area contributed by atoms with E-state index >= 15 is 0 Å². The summed E-state index contributed by atoms with van der Waals surface area (Å²) < 4.78 is 34.3. The van der Waals surface area contributed by atoms with E-state index in [4.69, 9.17) is 4.74 Å². The Morgan fingerprint density at radius 2 is 1.75 bits per heavy atom. The van der Waals surface area contributed by atoms with Crippen LogP contribution in [0.5, 0.6) is 5.75 Å². The normalized spacial score (nSPS) is 17.6. The van der Waals surface area contributed by atoms with E-state index in [0.717, 1.165) is 23.1 Å². The van der Waals surface area contributed by atoms with Crippen molar-refractivity contribution in [3.63, 3.8) is 0 Å². The van der Waals surface area contributed by atoms with Crippen molar-refractivity contribution in [3.05, 3.63) is 99.5 Å². The third-order valence-corrected chi connectivity index (χ3v) is 5.77. The molecule has 1 atom stereocenters. The molecule has 0 bridgehead atoms. The van der Waals surface area contributed by atoms with E-state index in [0.29, 0.717) is 15.8 Å². The van der Waals surface area contributed by atoms with Crippen LogP contribution in [0, 0.1) is 11.6 Å². The van der Waals surface area contributed by atoms with Gasteiger partial charge in [0.15, 0.2) is 0 Å². The van der Waals surface area contributed by atoms with Crippen molar-refractivity contribution >= 4 is 39.1 Å². The molecule has 0 spiro atoms. The van der Waals surface area contributed by atoms with Gasteiger partial charge in [-0.2, -0.15) is 0 Å². The van der Waals surface area contributed by atoms with E-state index in [-0.39, 0.29) is 11.1 Å². The lowest BCUT2D eigenvalue weighted by molar-refractivity contribution is -0.132. The van der Waals surface area contributed by atoms with Crippen molar-refractivity contribution in [2.45, 2.75) is 6.04 Å². The number of Topliss-reactive ketones (excluding diaryl/α,β-unsaturated/α-hetero) is 1. The Hall–Kier alpha value is -3.52. The number of nitrogens with zero attached hydrogens (tertiary/aromatic N) is 1. The number of rotatable bonds is 4. The average molecular weight is 500 g/mol. The topological polar surface area (TPSA) is 66.8 Å². The number of methoxy groups -OCH3 is 1. The predicted octanol–water partition coefficient (Wildman–Crippen LogP) is 5.36. The minimum absolute atomic E-state index is 0.234. The molecule has 32 heavy (non-hydrogen) atoms. The van der Waals surface area contributed by atoms with Gasteiger partial charge in [0, 0.05) is 11.6 Å². The van der Waals surface area contributed by atoms with Crippen molar-refractivity contribution in [1.29, 1.82) is 0 Å². The van der Waals surface area contributed by atoms with Gasteiger partial charge in [0.2, 0.25) is 0 Å². The number of carbonyl (C=O) groups is 2. The molecule has 1 heterocycles. The lowest BCUT2D eigenvalue weighted by Crippen LogP contribution is -2.30. The zero-order chi connectivity index (χ0) is 23.0. The van der Waals surface area contributed by atoms with E-state index in [1.165, 1.54) is 19.2 Å². The van der Waals surface area contributed by atoms with Crippen LogP contribution >= 0.6 is 15.9 Å². The summed E-state index contributed by atoms with van der Waals surface area (Å²) >= 11 is 3.33. The van der Waals surface area contributed by atoms with E-state index in [1.54, 1.807) is 36.4 Å². The van der Waals surface area contributed by atoms with E-state index in [2.05, 4.69) is 15.9 Å². The van der Waals surface area contributed by atoms with Crippen molar-refractivity contribution in [2.75, 3.05) is 12.0 Å². The minimum atomic E-state index is -1.16. The number of amides is 1. The van der Waals surface area contributed by atoms with Crippen LogP contribution in [0.4, 0.5) is 14.5 Å². The first-order chi connectivity index (χ1) is 15.3. The Morgan fingerprint density at radius 1 is 1.03 bits per heavy atom. The number of aliphatic hydroxyl groups excluding tert-OH is 1. The molecule has 1 aliphatic heterocycles. The van der Waals surface area contributed by atoms with Crippen molar-refractivity contribution in [3.8, 4) is 5.75 Å². The first-order valence-corrected chi connectivity index (χ1v) is 10.3. The Balaban J connectivity index is 1.96. The third kappa shape index (κ3) is 3.67. The summed E-state index contributed by atoms with van der Waals surface area (Å²) in [6, 6.07) is 14.5. The summed E-state index contributed by atoms with van der Waals surface area (Å²) in [7, 11) is 1.48. The summed E-state index contributed by atoms with van der Waals surface area (Å²) in [5.74, 6) is -3.66. The molecule has 4 rings (SSSR count). The fraction of sp³-hybridized carbons (Fsp3) is 0.0833. The number of anilines is 1. The van der Waals surface area contributed by atoms with Gasteiger partial charge in [-0.15, -0.1) is 0 Å². The molecule has 1 unspecified atom stereocenters. The van der Waals surface area contributed by atoms with Crippen LogP contribution in [0.25, 0.3) is 5.76 Å². The Bertz CT molecular complexity index is 1260. The Labute approximate surface area is 190 Å². The number of carbonyl (C=O) groups excluding carboxylic acids is 2. The quantitative estimate of drug-likeness (QED) is 0.298. The van der Waals surface area contributed by atoms with E-state index in [9.17, 15) is 23.5 Å². The smallest absolute Gasteiger partial charge is 0.300 e. The van der Waals surface area contributed by atoms with E-state index < -0.39 is 40.8 Å². The molecule has 8 heteroatoms. The highest BCUT2D eigenvalue weighted by Crippen LogP contribution is 2.43. The van der Waals surface area contributed by atoms with Crippen LogP contribution in [0.2, 0.25) is 0 Å². The van der Waals surface area contributed by atoms with Gasteiger partial charge in [-0.25, -0.2) is 8.78 Å². The molecule has 3 aromatic carbocycles. The fourth-order valence-electron chi connectivity index (χ4n) is 3.67. The first kappa shape index (κ1) is 21.7. The van der Waals surface area contributed by atoms with Gasteiger partial charge in [0.05, 0.1) is 28.9 Å². The van der Waals surface area contributed by atoms with Crippen LogP contribution in [-0.4, -0.2) is 23.9 Å². The molecule has 0 radical (unpaired) electrons. The van der Waals surface area contributed by atoms with Crippen molar-refractivity contribution in [1.82, 2.24) is 0 Å². The maximum Gasteiger partial charge on any atom is 0.300 e. The summed E-state index contributed by atoms with van der Waals surface area (Å²) in [5.41, 5.74) is 0.0682. The molecule has 0 aliphatic carbocycles. The molecule has 3 aromatic rings. The standard InChI is InChI=1S/C24H16BrF2NO4/c1-32-19-10-7-14(11-16(19)25)22(29)20-21(13-5-3-2-4-6-13)28(24(31)23(20)30)18-12-15(26)8-9-17(18)27/h2-12,21,29H,1H3/b22-20+. The number of benzene rings is 3. The highest BCUT2D eigenvalue weighted by molar-refractivity contribution is 9.10. The van der Waals surface area contributed by atoms with Gasteiger partial charge in [-0.1, -0.05) is 30.3 Å². The number of aliphatic hydroxyl groups is 1. The SMILES string of the molecule is COc1ccc(/C(O)=C2\C(=O)C(=O)N(c3cc(F)ccc3F)C2c2ccccc2)cc1Br. The second-order valence-corrected chi connectivity index (χ2v) is 7.88. The minimum Gasteiger partial charge on any atom is -0.507 e. The second-order valence-electron chi connectivity index (χ2n) is 7.02. The number of ketones is 1. The molecule has 0 saturated carbocycles. The van der Waals surface area contributed by atoms with Crippen molar-refractivity contribution < 1.29 is 28.2 Å². The van der Waals surface area contributed by atoms with Gasteiger partial charge in [0.1, 0.15) is 23.1 Å². The molecule has 1 saturated heterocycles. The van der Waals surface area contributed by atoms with Gasteiger partial charge in [-0.3, -0.25) is 14.5 Å². The second kappa shape index (κ2) is 8.55. The maximum absolute atomic E-state index is 14.6. The zero-order valence-corrected chi connectivity index (χ0v) is 18.3. The average Bonchev–Trinajstić information content (AvgIpc) is 3.06. The van der Waals surface area contributed by atoms with Gasteiger partial charge in [0.25, 0.3) is 11.7 Å². The monoisotopic (exact) mass is 499 g/mol. The highest BCUT2D eigenvalue weighted by Gasteiger charge is 2.47. The first-order valence-electron chi connectivity index (χ1n) is 9.48. The highest BCUT2D eigenvalue weighted by atomic mass is 79.9. The molecule has 0 aromatic heterocycles. The van der Waals surface area contributed by atoms with Gasteiger partial charge < -0.3 is 9.84 Å². The largest absolute Gasteiger partial charge is 0.507 e.